The summed E-state index contributed by atoms with van der Waals surface area (Å²) in [6.45, 7) is 0. The van der Waals surface area contributed by atoms with Crippen molar-refractivity contribution in [1.29, 1.82) is 0 Å². The first kappa shape index (κ1) is 12.1. The number of aliphatic hydroxyl groups is 1. The van der Waals surface area contributed by atoms with Gasteiger partial charge in [-0.25, -0.2) is 0 Å². The number of rotatable bonds is 4. The third-order valence-electron chi connectivity index (χ3n) is 2.65. The van der Waals surface area contributed by atoms with Gasteiger partial charge in [0.1, 0.15) is 0 Å². The monoisotopic (exact) mass is 251 g/mol. The molecule has 90 valence electrons. The highest BCUT2D eigenvalue weighted by molar-refractivity contribution is 6.31. The van der Waals surface area contributed by atoms with Crippen LogP contribution in [-0.2, 0) is 13.5 Å². The Morgan fingerprint density at radius 3 is 2.88 bits per heavy atom. The summed E-state index contributed by atoms with van der Waals surface area (Å²) in [6, 6.07) is 5.75. The van der Waals surface area contributed by atoms with E-state index in [1.54, 1.807) is 24.1 Å². The summed E-state index contributed by atoms with van der Waals surface area (Å²) < 4.78 is 1.60. The van der Waals surface area contributed by atoms with Crippen molar-refractivity contribution in [3.63, 3.8) is 0 Å². The van der Waals surface area contributed by atoms with Gasteiger partial charge in [0.2, 0.25) is 0 Å². The van der Waals surface area contributed by atoms with Gasteiger partial charge in [0, 0.05) is 18.9 Å². The Bertz CT molecular complexity index is 464. The van der Waals surface area contributed by atoms with Crippen molar-refractivity contribution < 1.29 is 5.11 Å². The molecule has 0 saturated carbocycles. The Balaban J connectivity index is 2.01. The van der Waals surface area contributed by atoms with Crippen molar-refractivity contribution in [2.45, 2.75) is 18.9 Å². The van der Waals surface area contributed by atoms with E-state index >= 15 is 0 Å². The van der Waals surface area contributed by atoms with E-state index in [1.807, 2.05) is 18.2 Å². The zero-order valence-electron chi connectivity index (χ0n) is 9.55. The molecule has 0 aliphatic carbocycles. The highest BCUT2D eigenvalue weighted by Gasteiger charge is 2.16. The van der Waals surface area contributed by atoms with Crippen molar-refractivity contribution in [3.8, 4) is 0 Å². The van der Waals surface area contributed by atoms with Crippen LogP contribution in [0.5, 0.6) is 0 Å². The van der Waals surface area contributed by atoms with Crippen molar-refractivity contribution in [1.82, 2.24) is 14.8 Å². The molecule has 1 atom stereocenters. The summed E-state index contributed by atoms with van der Waals surface area (Å²) in [6.07, 6.45) is 3.97. The van der Waals surface area contributed by atoms with Crippen LogP contribution in [0.1, 0.15) is 23.9 Å². The zero-order chi connectivity index (χ0) is 12.3. The van der Waals surface area contributed by atoms with Crippen LogP contribution in [0.3, 0.4) is 0 Å². The van der Waals surface area contributed by atoms with Crippen LogP contribution in [-0.4, -0.2) is 19.9 Å². The molecule has 0 aliphatic heterocycles. The molecule has 4 nitrogen and oxygen atoms in total. The second-order valence-corrected chi connectivity index (χ2v) is 4.28. The summed E-state index contributed by atoms with van der Waals surface area (Å²) in [5.41, 5.74) is 1.62. The Hall–Kier alpha value is -1.39. The van der Waals surface area contributed by atoms with Gasteiger partial charge in [0.05, 0.1) is 23.0 Å². The first-order valence-electron chi connectivity index (χ1n) is 5.44. The molecule has 0 aromatic carbocycles. The third kappa shape index (κ3) is 2.84. The summed E-state index contributed by atoms with van der Waals surface area (Å²) in [5, 5.41) is 14.6. The summed E-state index contributed by atoms with van der Waals surface area (Å²) in [4.78, 5) is 4.21. The molecule has 0 radical (unpaired) electrons. The number of hydrogen-bond donors (Lipinski definition) is 1. The first-order chi connectivity index (χ1) is 8.18. The van der Waals surface area contributed by atoms with Crippen LogP contribution in [0, 0.1) is 0 Å². The molecule has 0 saturated heterocycles. The van der Waals surface area contributed by atoms with Gasteiger partial charge in [0.25, 0.3) is 0 Å². The first-order valence-corrected chi connectivity index (χ1v) is 5.81. The predicted octanol–water partition coefficient (Wildman–Crippen LogP) is 2.13. The van der Waals surface area contributed by atoms with E-state index < -0.39 is 6.10 Å². The number of aromatic nitrogens is 3. The van der Waals surface area contributed by atoms with E-state index in [9.17, 15) is 5.11 Å². The molecule has 2 aromatic rings. The second kappa shape index (κ2) is 5.29. The molecule has 0 spiro atoms. The van der Waals surface area contributed by atoms with E-state index in [0.29, 0.717) is 23.6 Å². The lowest BCUT2D eigenvalue weighted by molar-refractivity contribution is 0.158. The average molecular weight is 252 g/mol. The molecule has 1 unspecified atom stereocenters. The van der Waals surface area contributed by atoms with Crippen LogP contribution in [0.15, 0.2) is 30.6 Å². The molecule has 0 fully saturated rings. The largest absolute Gasteiger partial charge is 0.387 e. The molecular weight excluding hydrogens is 238 g/mol. The number of aryl methyl sites for hydroxylation is 2. The quantitative estimate of drug-likeness (QED) is 0.906. The molecule has 0 amide bonds. The van der Waals surface area contributed by atoms with Crippen LogP contribution >= 0.6 is 11.6 Å². The Morgan fingerprint density at radius 1 is 1.47 bits per heavy atom. The Labute approximate surface area is 105 Å². The smallest absolute Gasteiger partial charge is 0.0975 e. The lowest BCUT2D eigenvalue weighted by Gasteiger charge is -2.11. The molecule has 5 heteroatoms. The number of halogens is 1. The van der Waals surface area contributed by atoms with E-state index in [-0.39, 0.29) is 0 Å². The summed E-state index contributed by atoms with van der Waals surface area (Å²) in [5.74, 6) is 0. The average Bonchev–Trinajstić information content (AvgIpc) is 2.67. The van der Waals surface area contributed by atoms with Gasteiger partial charge in [-0.05, 0) is 25.0 Å². The Morgan fingerprint density at radius 2 is 2.29 bits per heavy atom. The third-order valence-corrected chi connectivity index (χ3v) is 2.94. The van der Waals surface area contributed by atoms with Gasteiger partial charge in [-0.2, -0.15) is 5.10 Å². The molecule has 0 bridgehead atoms. The van der Waals surface area contributed by atoms with Crippen molar-refractivity contribution in [2.75, 3.05) is 0 Å². The predicted molar refractivity (Wildman–Crippen MR) is 65.7 cm³/mol. The van der Waals surface area contributed by atoms with Crippen LogP contribution < -0.4 is 0 Å². The maximum Gasteiger partial charge on any atom is 0.0975 e. The topological polar surface area (TPSA) is 50.9 Å². The van der Waals surface area contributed by atoms with Gasteiger partial charge < -0.3 is 5.11 Å². The molecule has 0 aliphatic rings. The lowest BCUT2D eigenvalue weighted by Crippen LogP contribution is -2.07. The van der Waals surface area contributed by atoms with E-state index in [0.717, 1.165) is 5.69 Å². The van der Waals surface area contributed by atoms with Crippen LogP contribution in [0.25, 0.3) is 0 Å². The summed E-state index contributed by atoms with van der Waals surface area (Å²) >= 11 is 5.96. The fraction of sp³-hybridized carbons (Fsp3) is 0.333. The van der Waals surface area contributed by atoms with Gasteiger partial charge in [-0.1, -0.05) is 17.7 Å². The minimum Gasteiger partial charge on any atom is -0.387 e. The highest BCUT2D eigenvalue weighted by atomic mass is 35.5. The van der Waals surface area contributed by atoms with E-state index in [1.165, 1.54) is 0 Å². The minimum atomic E-state index is -0.614. The lowest BCUT2D eigenvalue weighted by atomic mass is 10.1. The standard InChI is InChI=1S/C12H14ClN3O/c1-16-12(10(13)8-15-16)11(17)6-5-9-4-2-3-7-14-9/h2-4,7-8,11,17H,5-6H2,1H3. The minimum absolute atomic E-state index is 0.501. The second-order valence-electron chi connectivity index (χ2n) is 3.88. The maximum atomic E-state index is 10.1. The van der Waals surface area contributed by atoms with Gasteiger partial charge in [-0.15, -0.1) is 0 Å². The van der Waals surface area contributed by atoms with Crippen molar-refractivity contribution in [2.24, 2.45) is 7.05 Å². The summed E-state index contributed by atoms with van der Waals surface area (Å²) in [7, 11) is 1.77. The van der Waals surface area contributed by atoms with E-state index in [2.05, 4.69) is 10.1 Å². The van der Waals surface area contributed by atoms with Crippen molar-refractivity contribution >= 4 is 11.6 Å². The fourth-order valence-electron chi connectivity index (χ4n) is 1.76. The molecule has 2 rings (SSSR count). The van der Waals surface area contributed by atoms with Crippen LogP contribution in [0.2, 0.25) is 5.02 Å². The van der Waals surface area contributed by atoms with Gasteiger partial charge in [0.15, 0.2) is 0 Å². The van der Waals surface area contributed by atoms with Gasteiger partial charge >= 0.3 is 0 Å². The molecular formula is C12H14ClN3O. The molecule has 2 aromatic heterocycles. The molecule has 1 N–H and O–H groups in total. The van der Waals surface area contributed by atoms with Gasteiger partial charge in [-0.3, -0.25) is 9.67 Å². The number of pyridine rings is 1. The normalized spacial score (nSPS) is 12.6. The fourth-order valence-corrected chi connectivity index (χ4v) is 2.05. The van der Waals surface area contributed by atoms with Crippen molar-refractivity contribution in [3.05, 3.63) is 47.0 Å². The SMILES string of the molecule is Cn1ncc(Cl)c1C(O)CCc1ccccn1. The Kier molecular flexibility index (Phi) is 3.76. The van der Waals surface area contributed by atoms with Crippen LogP contribution in [0.4, 0.5) is 0 Å². The number of aliphatic hydroxyl groups excluding tert-OH is 1. The maximum absolute atomic E-state index is 10.1. The van der Waals surface area contributed by atoms with E-state index in [4.69, 9.17) is 11.6 Å². The molecule has 2 heterocycles. The molecule has 17 heavy (non-hydrogen) atoms. The number of hydrogen-bond acceptors (Lipinski definition) is 3. The number of nitrogens with zero attached hydrogens (tertiary/aromatic N) is 3. The zero-order valence-corrected chi connectivity index (χ0v) is 10.3. The highest BCUT2D eigenvalue weighted by Crippen LogP contribution is 2.25.